The van der Waals surface area contributed by atoms with Crippen LogP contribution in [0.2, 0.25) is 0 Å². The van der Waals surface area contributed by atoms with E-state index in [1.165, 1.54) is 0 Å². The molecule has 0 aromatic heterocycles. The summed E-state index contributed by atoms with van der Waals surface area (Å²) in [5, 5.41) is 3.29. The topological polar surface area (TPSA) is 38.3 Å². The Kier molecular flexibility index (Phi) is 5.86. The number of carbonyl (C=O) groups excluding carboxylic acids is 1. The molecular weight excluding hydrogens is 226 g/mol. The lowest BCUT2D eigenvalue weighted by Gasteiger charge is -2.20. The molecule has 0 amide bonds. The number of carbonyl (C=O) groups is 1. The van der Waals surface area contributed by atoms with Gasteiger partial charge in [-0.25, -0.2) is 4.79 Å². The number of nitrogens with one attached hydrogen (secondary N) is 1. The van der Waals surface area contributed by atoms with Crippen molar-refractivity contribution < 1.29 is 9.53 Å². The summed E-state index contributed by atoms with van der Waals surface area (Å²) in [6, 6.07) is 7.55. The van der Waals surface area contributed by atoms with Crippen LogP contribution in [-0.4, -0.2) is 19.1 Å². The quantitative estimate of drug-likeness (QED) is 0.788. The van der Waals surface area contributed by atoms with Crippen LogP contribution in [0, 0.1) is 12.8 Å². The number of rotatable bonds is 6. The Morgan fingerprint density at radius 2 is 2.00 bits per heavy atom. The Bertz CT molecular complexity index is 388. The van der Waals surface area contributed by atoms with E-state index >= 15 is 0 Å². The zero-order valence-electron chi connectivity index (χ0n) is 11.7. The smallest absolute Gasteiger partial charge is 0.327 e. The molecule has 100 valence electrons. The van der Waals surface area contributed by atoms with Gasteiger partial charge in [-0.05, 0) is 37.4 Å². The Hall–Kier alpha value is -1.35. The summed E-state index contributed by atoms with van der Waals surface area (Å²) in [6.45, 7) is 9.27. The predicted molar refractivity (Wildman–Crippen MR) is 73.4 cm³/mol. The molecule has 0 radical (unpaired) electrons. The van der Waals surface area contributed by atoms with E-state index in [1.807, 2.05) is 38.1 Å². The average Bonchev–Trinajstić information content (AvgIpc) is 2.31. The van der Waals surface area contributed by atoms with Gasteiger partial charge in [-0.15, -0.1) is 0 Å². The lowest BCUT2D eigenvalue weighted by molar-refractivity contribution is -0.145. The summed E-state index contributed by atoms with van der Waals surface area (Å²) in [4.78, 5) is 12.0. The van der Waals surface area contributed by atoms with Crippen LogP contribution in [-0.2, 0) is 9.53 Å². The predicted octanol–water partition coefficient (Wildman–Crippen LogP) is 2.84. The lowest BCUT2D eigenvalue weighted by Crippen LogP contribution is -2.33. The molecule has 0 aliphatic rings. The van der Waals surface area contributed by atoms with E-state index in [2.05, 4.69) is 19.2 Å². The highest BCUT2D eigenvalue weighted by molar-refractivity contribution is 5.78. The second kappa shape index (κ2) is 7.17. The van der Waals surface area contributed by atoms with Crippen LogP contribution in [0.1, 0.15) is 37.9 Å². The van der Waals surface area contributed by atoms with E-state index in [4.69, 9.17) is 4.74 Å². The van der Waals surface area contributed by atoms with Crippen molar-refractivity contribution in [2.45, 2.75) is 33.7 Å². The average molecular weight is 249 g/mol. The molecule has 0 saturated carbocycles. The number of hydrogen-bond donors (Lipinski definition) is 1. The van der Waals surface area contributed by atoms with Crippen molar-refractivity contribution in [3.05, 3.63) is 35.4 Å². The molecule has 0 fully saturated rings. The Balaban J connectivity index is 2.89. The minimum Gasteiger partial charge on any atom is -0.465 e. The fourth-order valence-corrected chi connectivity index (χ4v) is 1.81. The van der Waals surface area contributed by atoms with Gasteiger partial charge in [0.15, 0.2) is 0 Å². The zero-order chi connectivity index (χ0) is 13.5. The third-order valence-corrected chi connectivity index (χ3v) is 2.75. The maximum Gasteiger partial charge on any atom is 0.327 e. The van der Waals surface area contributed by atoms with Crippen LogP contribution in [0.4, 0.5) is 0 Å². The highest BCUT2D eigenvalue weighted by Crippen LogP contribution is 2.19. The molecule has 0 aliphatic carbocycles. The number of benzene rings is 1. The molecule has 0 spiro atoms. The third kappa shape index (κ3) is 4.15. The van der Waals surface area contributed by atoms with Crippen LogP contribution in [0.3, 0.4) is 0 Å². The summed E-state index contributed by atoms with van der Waals surface area (Å²) in [7, 11) is 0. The number of ether oxygens (including phenoxy) is 1. The molecular formula is C15H23NO2. The van der Waals surface area contributed by atoms with E-state index < -0.39 is 0 Å². The maximum atomic E-state index is 12.0. The molecule has 1 aromatic carbocycles. The molecule has 0 saturated heterocycles. The maximum absolute atomic E-state index is 12.0. The molecule has 0 heterocycles. The van der Waals surface area contributed by atoms with Gasteiger partial charge in [-0.2, -0.15) is 0 Å². The molecule has 1 unspecified atom stereocenters. The zero-order valence-corrected chi connectivity index (χ0v) is 11.7. The van der Waals surface area contributed by atoms with E-state index in [9.17, 15) is 4.79 Å². The molecule has 3 nitrogen and oxygen atoms in total. The van der Waals surface area contributed by atoms with Crippen LogP contribution < -0.4 is 5.32 Å². The summed E-state index contributed by atoms with van der Waals surface area (Å²) >= 11 is 0. The van der Waals surface area contributed by atoms with Crippen LogP contribution in [0.15, 0.2) is 24.3 Å². The molecule has 3 heteroatoms. The molecule has 1 atom stereocenters. The Labute approximate surface area is 110 Å². The molecule has 1 rings (SSSR count). The van der Waals surface area contributed by atoms with Crippen LogP contribution >= 0.6 is 0 Å². The number of aryl methyl sites for hydroxylation is 1. The highest BCUT2D eigenvalue weighted by atomic mass is 16.5. The summed E-state index contributed by atoms with van der Waals surface area (Å²) in [5.74, 6) is 0.290. The fraction of sp³-hybridized carbons (Fsp3) is 0.533. The van der Waals surface area contributed by atoms with Crippen molar-refractivity contribution in [1.82, 2.24) is 5.32 Å². The van der Waals surface area contributed by atoms with E-state index in [0.717, 1.165) is 17.7 Å². The molecule has 0 aliphatic heterocycles. The van der Waals surface area contributed by atoms with E-state index in [-0.39, 0.29) is 12.0 Å². The molecule has 1 aromatic rings. The van der Waals surface area contributed by atoms with Crippen molar-refractivity contribution in [2.24, 2.45) is 5.92 Å². The molecule has 18 heavy (non-hydrogen) atoms. The van der Waals surface area contributed by atoms with Gasteiger partial charge in [0, 0.05) is 0 Å². The first-order valence-corrected chi connectivity index (χ1v) is 6.51. The second-order valence-electron chi connectivity index (χ2n) is 4.84. The van der Waals surface area contributed by atoms with Gasteiger partial charge in [-0.1, -0.05) is 38.1 Å². The van der Waals surface area contributed by atoms with Gasteiger partial charge >= 0.3 is 5.97 Å². The number of hydrogen-bond acceptors (Lipinski definition) is 3. The lowest BCUT2D eigenvalue weighted by atomic mass is 10.0. The van der Waals surface area contributed by atoms with Gasteiger partial charge < -0.3 is 10.1 Å². The van der Waals surface area contributed by atoms with Gasteiger partial charge in [0.2, 0.25) is 0 Å². The normalized spacial score (nSPS) is 12.5. The Morgan fingerprint density at radius 3 is 2.56 bits per heavy atom. The van der Waals surface area contributed by atoms with Crippen molar-refractivity contribution in [3.63, 3.8) is 0 Å². The minimum absolute atomic E-state index is 0.201. The summed E-state index contributed by atoms with van der Waals surface area (Å²) < 4.78 is 5.14. The third-order valence-electron chi connectivity index (χ3n) is 2.75. The Morgan fingerprint density at radius 1 is 1.33 bits per heavy atom. The van der Waals surface area contributed by atoms with Crippen LogP contribution in [0.25, 0.3) is 0 Å². The first-order valence-electron chi connectivity index (χ1n) is 6.51. The number of esters is 1. The van der Waals surface area contributed by atoms with Gasteiger partial charge in [0.05, 0.1) is 6.61 Å². The standard InChI is InChI=1S/C15H23NO2/c1-5-18-15(17)14(16-10-11(2)3)13-9-7-6-8-12(13)4/h6-9,11,14,16H,5,10H2,1-4H3. The first-order chi connectivity index (χ1) is 8.56. The second-order valence-corrected chi connectivity index (χ2v) is 4.84. The van der Waals surface area contributed by atoms with Gasteiger partial charge in [0.1, 0.15) is 6.04 Å². The van der Waals surface area contributed by atoms with E-state index in [0.29, 0.717) is 12.5 Å². The van der Waals surface area contributed by atoms with E-state index in [1.54, 1.807) is 0 Å². The van der Waals surface area contributed by atoms with Crippen molar-refractivity contribution in [3.8, 4) is 0 Å². The van der Waals surface area contributed by atoms with Crippen molar-refractivity contribution in [1.29, 1.82) is 0 Å². The SMILES string of the molecule is CCOC(=O)C(NCC(C)C)c1ccccc1C. The monoisotopic (exact) mass is 249 g/mol. The molecule has 1 N–H and O–H groups in total. The summed E-state index contributed by atoms with van der Waals surface area (Å²) in [5.41, 5.74) is 2.10. The minimum atomic E-state index is -0.367. The largest absolute Gasteiger partial charge is 0.465 e. The first kappa shape index (κ1) is 14.7. The summed E-state index contributed by atoms with van der Waals surface area (Å²) in [6.07, 6.45) is 0. The molecule has 0 bridgehead atoms. The van der Waals surface area contributed by atoms with Gasteiger partial charge in [0.25, 0.3) is 0 Å². The van der Waals surface area contributed by atoms with Crippen LogP contribution in [0.5, 0.6) is 0 Å². The van der Waals surface area contributed by atoms with Crippen molar-refractivity contribution in [2.75, 3.05) is 13.2 Å². The fourth-order valence-electron chi connectivity index (χ4n) is 1.81. The highest BCUT2D eigenvalue weighted by Gasteiger charge is 2.22. The van der Waals surface area contributed by atoms with Gasteiger partial charge in [-0.3, -0.25) is 0 Å². The van der Waals surface area contributed by atoms with Crippen molar-refractivity contribution >= 4 is 5.97 Å².